The van der Waals surface area contributed by atoms with Gasteiger partial charge in [-0.25, -0.2) is 4.79 Å². The maximum absolute atomic E-state index is 17.8. The molecule has 0 amide bonds. The number of cyclic esters (lactones) is 1. The summed E-state index contributed by atoms with van der Waals surface area (Å²) in [4.78, 5) is 52.3. The largest absolute Gasteiger partial charge is 0.469 e. The van der Waals surface area contributed by atoms with Gasteiger partial charge < -0.3 is 43.6 Å². The van der Waals surface area contributed by atoms with Crippen molar-refractivity contribution in [3.63, 3.8) is 0 Å². The van der Waals surface area contributed by atoms with Crippen molar-refractivity contribution in [2.75, 3.05) is 26.4 Å². The Hall–Kier alpha value is -4.55. The van der Waals surface area contributed by atoms with E-state index in [0.29, 0.717) is 72.6 Å². The van der Waals surface area contributed by atoms with Gasteiger partial charge in [-0.15, -0.1) is 0 Å². The van der Waals surface area contributed by atoms with Crippen molar-refractivity contribution in [1.82, 2.24) is 10.2 Å². The number of epoxide rings is 1. The first-order chi connectivity index (χ1) is 43.1. The van der Waals surface area contributed by atoms with Crippen LogP contribution in [0, 0.1) is 134 Å². The second-order valence-corrected chi connectivity index (χ2v) is 33.3. The molecule has 29 atom stereocenters. The molecular formula is C76H92N2O11. The lowest BCUT2D eigenvalue weighted by Crippen LogP contribution is -2.83. The molecule has 0 radical (unpaired) electrons. The standard InChI is InChI=1S/C76H92N2O11/c1-41-51-16-8-7-13-44(51)19-21-52(41)57-33-50-32-49-15-10-25-71(49)36-48-35-69(2)73(55-24-28-85-60(55)34-54(59(80)38-79)46-20-22-53-47(31-46)23-27-78-40-77-37-58(53)78)26-9-14-45-18-17-43(29-42-11-5-4-6-12-42)30-56(45)74(76(69)66(87-76)68(84)88-73)62(48)72-39-86-67(83)64(71)75(50,72)89-70(57,3)63(72)61(81)65(74)82/h4-6,11-12,19,21,23-24,27-28,33,41,43-49,51-54,56-59,62-66,77,79-80,82H,7-8,10,13,15-18,20,22,25-26,29-32,34-40H2,1-3H3/t41-,43+,44+,45+,46-,47-,48+,49+,51-,52-,53+,54+,56-,57-,58-,59-,62-,63-,64+,65-,66-,69+,70+,71+,72-,73+,74+,75+,76-/m1/s1. The van der Waals surface area contributed by atoms with Gasteiger partial charge in [0.1, 0.15) is 29.7 Å². The van der Waals surface area contributed by atoms with E-state index in [4.69, 9.17) is 23.4 Å². The number of nitrogens with zero attached hydrogens (tertiary/aromatic N) is 1. The van der Waals surface area contributed by atoms with Gasteiger partial charge in [-0.1, -0.05) is 99.6 Å². The maximum atomic E-state index is 17.8. The van der Waals surface area contributed by atoms with Crippen LogP contribution < -0.4 is 5.32 Å². The third-order valence-corrected chi connectivity index (χ3v) is 30.8. The number of esters is 2. The number of furan rings is 1. The van der Waals surface area contributed by atoms with Crippen LogP contribution >= 0.6 is 0 Å². The van der Waals surface area contributed by atoms with Crippen molar-refractivity contribution in [3.8, 4) is 11.8 Å². The minimum atomic E-state index is -1.58. The topological polar surface area (TPSA) is 181 Å². The van der Waals surface area contributed by atoms with E-state index in [1.807, 2.05) is 6.07 Å². The van der Waals surface area contributed by atoms with E-state index < -0.39 is 98.6 Å². The molecule has 89 heavy (non-hydrogen) atoms. The third-order valence-electron chi connectivity index (χ3n) is 30.8. The summed E-state index contributed by atoms with van der Waals surface area (Å²) in [6, 6.07) is 13.2. The summed E-state index contributed by atoms with van der Waals surface area (Å²) in [5.74, 6) is 6.86. The summed E-state index contributed by atoms with van der Waals surface area (Å²) in [6.45, 7) is 8.41. The monoisotopic (exact) mass is 1210 g/mol. The molecule has 17 aliphatic rings. The first-order valence-electron chi connectivity index (χ1n) is 35.6. The van der Waals surface area contributed by atoms with E-state index in [-0.39, 0.29) is 72.1 Å². The summed E-state index contributed by atoms with van der Waals surface area (Å²) in [5.41, 5.74) is -6.30. The Morgan fingerprint density at radius 2 is 1.76 bits per heavy atom. The van der Waals surface area contributed by atoms with Crippen molar-refractivity contribution < 1.29 is 53.1 Å². The summed E-state index contributed by atoms with van der Waals surface area (Å²) < 4.78 is 37.6. The molecule has 13 heteroatoms. The molecule has 19 rings (SSSR count). The van der Waals surface area contributed by atoms with Crippen LogP contribution in [0.2, 0.25) is 0 Å². The molecule has 5 spiro atoms. The number of carbonyl (C=O) groups is 3. The highest BCUT2D eigenvalue weighted by Gasteiger charge is 3.00. The van der Waals surface area contributed by atoms with Crippen molar-refractivity contribution in [2.45, 2.75) is 190 Å². The second kappa shape index (κ2) is 18.9. The van der Waals surface area contributed by atoms with Gasteiger partial charge in [-0.2, -0.15) is 0 Å². The Balaban J connectivity index is 0.824. The average molecular weight is 1210 g/mol. The normalized spacial score (nSPS) is 53.2. The Morgan fingerprint density at radius 3 is 2.63 bits per heavy atom. The van der Waals surface area contributed by atoms with Gasteiger partial charge in [0.05, 0.1) is 54.9 Å². The molecule has 2 aromatic rings. The number of fused-ring (bicyclic) bond motifs is 7. The molecule has 8 heterocycles. The van der Waals surface area contributed by atoms with Gasteiger partial charge in [-0.3, -0.25) is 14.9 Å². The van der Waals surface area contributed by atoms with E-state index in [1.54, 1.807) is 6.26 Å². The highest BCUT2D eigenvalue weighted by Crippen LogP contribution is 2.91. The summed E-state index contributed by atoms with van der Waals surface area (Å²) in [6.07, 6.45) is 26.4. The zero-order valence-electron chi connectivity index (χ0n) is 52.4. The van der Waals surface area contributed by atoms with E-state index >= 15 is 19.5 Å². The van der Waals surface area contributed by atoms with Crippen LogP contribution in [0.25, 0.3) is 0 Å². The number of aliphatic hydroxyl groups excluding tert-OH is 3. The fourth-order valence-corrected chi connectivity index (χ4v) is 28.1. The van der Waals surface area contributed by atoms with Gasteiger partial charge in [-0.05, 0) is 203 Å². The minimum absolute atomic E-state index is 0.00784. The van der Waals surface area contributed by atoms with Crippen LogP contribution in [0.3, 0.4) is 0 Å². The third kappa shape index (κ3) is 6.56. The van der Waals surface area contributed by atoms with Crippen LogP contribution in [-0.4, -0.2) is 106 Å². The summed E-state index contributed by atoms with van der Waals surface area (Å²) >= 11 is 0. The number of Topliss-reactive ketones (excluding diaryl/α,β-unsaturated/α-hetero) is 1. The molecule has 1 aromatic carbocycles. The van der Waals surface area contributed by atoms with Gasteiger partial charge in [0.2, 0.25) is 0 Å². The van der Waals surface area contributed by atoms with Crippen LogP contribution in [0.4, 0.5) is 0 Å². The number of ether oxygens (including phenoxy) is 4. The zero-order chi connectivity index (χ0) is 60.1. The number of ketones is 1. The number of hydrogen-bond acceptors (Lipinski definition) is 13. The zero-order valence-corrected chi connectivity index (χ0v) is 52.4. The average Bonchev–Trinajstić information content (AvgIpc) is 1.44. The SMILES string of the molecule is C[C@H]1[C@H]([C@H]2C=C3C[C@@H]4CCC[C@]45C[C@@H]4C[C@]6(C)[C@]78O[C@@H]7C(=O)O[C@]6(c6ccoc6C[C@@H]([C@@H]6CC[C@H]7[C@H](C=CN9CNC[C@H]79)C6)[C@H](O)CO)CC#C[C@H]6CC[C@@H](Cc7ccccc7)C[C@H]6[C@]86[C@H](O)C(=O)[C@@H]7[C@@]2(C)O[C@]32[C@H]5C(=O)OC[C@@]72[C@@H]46)C=C[C@@H]2CCCC[C@H]12. The van der Waals surface area contributed by atoms with E-state index in [1.165, 1.54) is 36.8 Å². The number of allylic oxidation sites excluding steroid dienone is 3. The van der Waals surface area contributed by atoms with Gasteiger partial charge >= 0.3 is 11.9 Å². The Morgan fingerprint density at radius 1 is 0.899 bits per heavy atom. The second-order valence-electron chi connectivity index (χ2n) is 33.3. The maximum Gasteiger partial charge on any atom is 0.339 e. The van der Waals surface area contributed by atoms with Crippen LogP contribution in [0.15, 0.2) is 83.2 Å². The number of rotatable bonds is 9. The van der Waals surface area contributed by atoms with E-state index in [9.17, 15) is 10.2 Å². The number of benzene rings is 1. The highest BCUT2D eigenvalue weighted by atomic mass is 16.7. The van der Waals surface area contributed by atoms with Gasteiger partial charge in [0.15, 0.2) is 17.5 Å². The van der Waals surface area contributed by atoms with Crippen LogP contribution in [0.1, 0.15) is 147 Å². The molecule has 13 nitrogen and oxygen atoms in total. The molecule has 1 aromatic heterocycles. The van der Waals surface area contributed by atoms with Crippen molar-refractivity contribution in [1.29, 1.82) is 0 Å². The molecule has 472 valence electrons. The predicted molar refractivity (Wildman–Crippen MR) is 327 cm³/mol. The molecule has 4 N–H and O–H groups in total. The quantitative estimate of drug-likeness (QED) is 0.0808. The molecule has 7 aliphatic heterocycles. The highest BCUT2D eigenvalue weighted by molar-refractivity contribution is 5.94. The Kier molecular flexibility index (Phi) is 11.9. The predicted octanol–water partition coefficient (Wildman–Crippen LogP) is 9.81. The van der Waals surface area contributed by atoms with Gasteiger partial charge in [0.25, 0.3) is 0 Å². The molecule has 0 unspecified atom stereocenters. The molecular weight excluding hydrogens is 1120 g/mol. The first-order valence-corrected chi connectivity index (χ1v) is 35.6. The number of carbonyl (C=O) groups excluding carboxylic acids is 3. The molecule has 13 fully saturated rings. The van der Waals surface area contributed by atoms with Crippen LogP contribution in [0.5, 0.6) is 0 Å². The van der Waals surface area contributed by atoms with Crippen molar-refractivity contribution in [3.05, 3.63) is 95.6 Å². The minimum Gasteiger partial charge on any atom is -0.469 e. The lowest BCUT2D eigenvalue weighted by molar-refractivity contribution is -0.315. The Labute approximate surface area is 524 Å². The molecule has 9 bridgehead atoms. The van der Waals surface area contributed by atoms with Crippen molar-refractivity contribution in [2.24, 2.45) is 122 Å². The lowest BCUT2D eigenvalue weighted by atomic mass is 9.28. The number of hydrogen-bond donors (Lipinski definition) is 4. The van der Waals surface area contributed by atoms with Crippen molar-refractivity contribution >= 4 is 17.7 Å². The van der Waals surface area contributed by atoms with E-state index in [0.717, 1.165) is 77.4 Å². The Bertz CT molecular complexity index is 3490. The van der Waals surface area contributed by atoms with Crippen LogP contribution in [-0.2, 0) is 51.8 Å². The smallest absolute Gasteiger partial charge is 0.339 e. The first kappa shape index (κ1) is 56.0. The molecule has 10 aliphatic carbocycles. The summed E-state index contributed by atoms with van der Waals surface area (Å²) in [7, 11) is 0. The number of nitrogens with one attached hydrogen (secondary N) is 1. The lowest BCUT2D eigenvalue weighted by Gasteiger charge is -2.74. The van der Waals surface area contributed by atoms with Gasteiger partial charge in [0, 0.05) is 47.2 Å². The fourth-order valence-electron chi connectivity index (χ4n) is 28.1. The fraction of sp³-hybridized carbons (Fsp3) is 0.724. The van der Waals surface area contributed by atoms with E-state index in [2.05, 4.69) is 104 Å². The molecule has 5 saturated heterocycles. The molecule has 8 saturated carbocycles. The number of aliphatic hydroxyl groups is 3. The summed E-state index contributed by atoms with van der Waals surface area (Å²) in [5, 5.41) is 41.8.